The Morgan fingerprint density at radius 1 is 1.07 bits per heavy atom. The Kier molecular flexibility index (Phi) is 6.46. The number of rotatable bonds is 6. The van der Waals surface area contributed by atoms with Crippen LogP contribution in [0.4, 0.5) is 0 Å². The van der Waals surface area contributed by atoms with Gasteiger partial charge in [0.05, 0.1) is 23.7 Å². The topological polar surface area (TPSA) is 84.9 Å². The normalized spacial score (nSPS) is 20.6. The number of benzene rings is 2. The molecule has 0 saturated carbocycles. The first-order valence-corrected chi connectivity index (χ1v) is 10.5. The third-order valence-corrected chi connectivity index (χ3v) is 6.23. The van der Waals surface area contributed by atoms with Gasteiger partial charge >= 0.3 is 0 Å². The van der Waals surface area contributed by atoms with Crippen LogP contribution in [0.25, 0.3) is 0 Å². The zero-order chi connectivity index (χ0) is 20.1. The summed E-state index contributed by atoms with van der Waals surface area (Å²) in [6.45, 7) is 4.55. The molecule has 2 atom stereocenters. The van der Waals surface area contributed by atoms with Gasteiger partial charge in [-0.25, -0.2) is 13.9 Å². The lowest BCUT2D eigenvalue weighted by Gasteiger charge is -2.34. The van der Waals surface area contributed by atoms with E-state index in [0.717, 1.165) is 5.56 Å². The minimum Gasteiger partial charge on any atom is -0.373 e. The molecule has 28 heavy (non-hydrogen) atoms. The van der Waals surface area contributed by atoms with Gasteiger partial charge in [-0.3, -0.25) is 9.63 Å². The van der Waals surface area contributed by atoms with E-state index in [1.807, 2.05) is 44.2 Å². The minimum atomic E-state index is -3.63. The van der Waals surface area contributed by atoms with Gasteiger partial charge in [0.15, 0.2) is 0 Å². The number of hydroxylamine groups is 1. The Hall–Kier alpha value is -2.26. The molecule has 1 saturated heterocycles. The summed E-state index contributed by atoms with van der Waals surface area (Å²) in [5, 5.41) is 0. The lowest BCUT2D eigenvalue weighted by Crippen LogP contribution is -2.48. The van der Waals surface area contributed by atoms with Gasteiger partial charge in [-0.15, -0.1) is 0 Å². The Morgan fingerprint density at radius 2 is 1.68 bits per heavy atom. The molecule has 0 aromatic heterocycles. The van der Waals surface area contributed by atoms with Crippen molar-refractivity contribution in [2.75, 3.05) is 13.1 Å². The van der Waals surface area contributed by atoms with Crippen molar-refractivity contribution in [2.45, 2.75) is 37.6 Å². The van der Waals surface area contributed by atoms with Crippen LogP contribution in [0.15, 0.2) is 59.5 Å². The molecule has 1 fully saturated rings. The molecule has 0 aliphatic carbocycles. The summed E-state index contributed by atoms with van der Waals surface area (Å²) < 4.78 is 32.7. The summed E-state index contributed by atoms with van der Waals surface area (Å²) in [5.74, 6) is -0.437. The average molecular weight is 404 g/mol. The molecule has 2 aromatic carbocycles. The molecule has 0 radical (unpaired) electrons. The molecule has 0 bridgehead atoms. The van der Waals surface area contributed by atoms with Crippen molar-refractivity contribution in [1.82, 2.24) is 9.79 Å². The van der Waals surface area contributed by atoms with Gasteiger partial charge in [0, 0.05) is 18.7 Å². The Bertz CT molecular complexity index is 890. The van der Waals surface area contributed by atoms with Crippen LogP contribution in [0.3, 0.4) is 0 Å². The molecule has 1 N–H and O–H groups in total. The van der Waals surface area contributed by atoms with Crippen molar-refractivity contribution in [3.63, 3.8) is 0 Å². The van der Waals surface area contributed by atoms with Crippen LogP contribution in [0.1, 0.15) is 29.8 Å². The molecule has 1 aliphatic rings. The molecule has 7 nitrogen and oxygen atoms in total. The summed E-state index contributed by atoms with van der Waals surface area (Å²) in [6.07, 6.45) is -0.323. The molecule has 8 heteroatoms. The highest BCUT2D eigenvalue weighted by molar-refractivity contribution is 7.89. The fourth-order valence-electron chi connectivity index (χ4n) is 3.07. The minimum absolute atomic E-state index is 0.149. The second-order valence-electron chi connectivity index (χ2n) is 6.81. The van der Waals surface area contributed by atoms with Crippen molar-refractivity contribution in [3.8, 4) is 0 Å². The Balaban J connectivity index is 1.61. The summed E-state index contributed by atoms with van der Waals surface area (Å²) in [4.78, 5) is 17.5. The summed E-state index contributed by atoms with van der Waals surface area (Å²) >= 11 is 0. The van der Waals surface area contributed by atoms with Crippen LogP contribution >= 0.6 is 0 Å². The molecular formula is C20H24N2O5S. The van der Waals surface area contributed by atoms with Crippen LogP contribution < -0.4 is 5.48 Å². The zero-order valence-corrected chi connectivity index (χ0v) is 16.7. The SMILES string of the molecule is C[C@@H]1CN(S(=O)(=O)c2ccc(C(=O)NOCc3ccccc3)cc2)C[C@@H](C)O1. The van der Waals surface area contributed by atoms with Crippen LogP contribution in [0.2, 0.25) is 0 Å². The molecule has 2 aromatic rings. The smallest absolute Gasteiger partial charge is 0.274 e. The van der Waals surface area contributed by atoms with Crippen LogP contribution in [-0.4, -0.2) is 43.9 Å². The first-order chi connectivity index (χ1) is 13.4. The highest BCUT2D eigenvalue weighted by Crippen LogP contribution is 2.21. The number of carbonyl (C=O) groups excluding carboxylic acids is 1. The average Bonchev–Trinajstić information content (AvgIpc) is 2.68. The maximum Gasteiger partial charge on any atom is 0.274 e. The van der Waals surface area contributed by atoms with Crippen LogP contribution in [0, 0.1) is 0 Å². The monoisotopic (exact) mass is 404 g/mol. The van der Waals surface area contributed by atoms with E-state index in [2.05, 4.69) is 5.48 Å². The van der Waals surface area contributed by atoms with Gasteiger partial charge in [0.25, 0.3) is 5.91 Å². The first kappa shape index (κ1) is 20.5. The number of nitrogens with zero attached hydrogens (tertiary/aromatic N) is 1. The molecule has 0 spiro atoms. The highest BCUT2D eigenvalue weighted by Gasteiger charge is 2.32. The number of ether oxygens (including phenoxy) is 1. The van der Waals surface area contributed by atoms with Crippen molar-refractivity contribution in [3.05, 3.63) is 65.7 Å². The highest BCUT2D eigenvalue weighted by atomic mass is 32.2. The Morgan fingerprint density at radius 3 is 2.29 bits per heavy atom. The number of hydrogen-bond donors (Lipinski definition) is 1. The Labute approximate surface area is 165 Å². The van der Waals surface area contributed by atoms with Crippen molar-refractivity contribution < 1.29 is 22.8 Å². The molecule has 1 aliphatic heterocycles. The van der Waals surface area contributed by atoms with E-state index in [-0.39, 0.29) is 23.7 Å². The summed E-state index contributed by atoms with van der Waals surface area (Å²) in [7, 11) is -3.63. The largest absolute Gasteiger partial charge is 0.373 e. The fraction of sp³-hybridized carbons (Fsp3) is 0.350. The number of nitrogens with one attached hydrogen (secondary N) is 1. The third kappa shape index (κ3) is 4.96. The van der Waals surface area contributed by atoms with E-state index in [1.165, 1.54) is 28.6 Å². The molecular weight excluding hydrogens is 380 g/mol. The van der Waals surface area contributed by atoms with Crippen molar-refractivity contribution in [2.24, 2.45) is 0 Å². The maximum atomic E-state index is 12.8. The number of hydrogen-bond acceptors (Lipinski definition) is 5. The second-order valence-corrected chi connectivity index (χ2v) is 8.75. The standard InChI is InChI=1S/C20H24N2O5S/c1-15-12-22(13-16(2)27-15)28(24,25)19-10-8-18(9-11-19)20(23)21-26-14-17-6-4-3-5-7-17/h3-11,15-16H,12-14H2,1-2H3,(H,21,23)/t15-,16-/m1/s1. The number of amides is 1. The third-order valence-electron chi connectivity index (χ3n) is 4.39. The lowest BCUT2D eigenvalue weighted by molar-refractivity contribution is -0.0440. The van der Waals surface area contributed by atoms with Crippen LogP contribution in [-0.2, 0) is 26.2 Å². The van der Waals surface area contributed by atoms with Gasteiger partial charge < -0.3 is 4.74 Å². The van der Waals surface area contributed by atoms with Crippen LogP contribution in [0.5, 0.6) is 0 Å². The predicted molar refractivity (Wildman–Crippen MR) is 104 cm³/mol. The van der Waals surface area contributed by atoms with Crippen molar-refractivity contribution >= 4 is 15.9 Å². The summed E-state index contributed by atoms with van der Waals surface area (Å²) in [5.41, 5.74) is 3.61. The quantitative estimate of drug-likeness (QED) is 0.747. The first-order valence-electron chi connectivity index (χ1n) is 9.08. The zero-order valence-electron chi connectivity index (χ0n) is 15.9. The van der Waals surface area contributed by atoms with E-state index in [1.54, 1.807) is 0 Å². The van der Waals surface area contributed by atoms with Gasteiger partial charge in [0.2, 0.25) is 10.0 Å². The van der Waals surface area contributed by atoms with Gasteiger partial charge in [-0.2, -0.15) is 4.31 Å². The van der Waals surface area contributed by atoms with E-state index < -0.39 is 15.9 Å². The number of carbonyl (C=O) groups is 1. The fourth-order valence-corrected chi connectivity index (χ4v) is 4.66. The lowest BCUT2D eigenvalue weighted by atomic mass is 10.2. The number of sulfonamides is 1. The maximum absolute atomic E-state index is 12.8. The van der Waals surface area contributed by atoms with Gasteiger partial charge in [0.1, 0.15) is 0 Å². The van der Waals surface area contributed by atoms with E-state index >= 15 is 0 Å². The van der Waals surface area contributed by atoms with E-state index in [9.17, 15) is 13.2 Å². The molecule has 1 amide bonds. The number of morpholine rings is 1. The van der Waals surface area contributed by atoms with Gasteiger partial charge in [-0.05, 0) is 43.7 Å². The van der Waals surface area contributed by atoms with Gasteiger partial charge in [-0.1, -0.05) is 30.3 Å². The molecule has 150 valence electrons. The molecule has 0 unspecified atom stereocenters. The second kappa shape index (κ2) is 8.83. The molecule has 3 rings (SSSR count). The van der Waals surface area contributed by atoms with E-state index in [4.69, 9.17) is 9.57 Å². The van der Waals surface area contributed by atoms with E-state index in [0.29, 0.717) is 18.7 Å². The van der Waals surface area contributed by atoms with Crippen molar-refractivity contribution in [1.29, 1.82) is 0 Å². The predicted octanol–water partition coefficient (Wildman–Crippen LogP) is 2.35. The molecule has 1 heterocycles. The summed E-state index contributed by atoms with van der Waals surface area (Å²) in [6, 6.07) is 15.3.